The van der Waals surface area contributed by atoms with E-state index in [0.29, 0.717) is 5.75 Å². The van der Waals surface area contributed by atoms with Gasteiger partial charge in [0.2, 0.25) is 5.91 Å². The Bertz CT molecular complexity index is 168. The number of rotatable bonds is 5. The molecule has 0 radical (unpaired) electrons. The second-order valence-electron chi connectivity index (χ2n) is 3.87. The third-order valence-corrected chi connectivity index (χ3v) is 3.37. The van der Waals surface area contributed by atoms with Crippen LogP contribution in [0.2, 0.25) is 0 Å². The van der Waals surface area contributed by atoms with Gasteiger partial charge < -0.3 is 11.1 Å². The Morgan fingerprint density at radius 1 is 1.54 bits per heavy atom. The summed E-state index contributed by atoms with van der Waals surface area (Å²) in [5.74, 6) is 1.34. The first-order valence-corrected chi connectivity index (χ1v) is 7.83. The maximum atomic E-state index is 11.2. The van der Waals surface area contributed by atoms with E-state index in [1.807, 2.05) is 0 Å². The van der Waals surface area contributed by atoms with Gasteiger partial charge in [-0.15, -0.1) is 0 Å². The van der Waals surface area contributed by atoms with Gasteiger partial charge in [0.25, 0.3) is 0 Å². The highest BCUT2D eigenvalue weighted by molar-refractivity contribution is 8.32. The van der Waals surface area contributed by atoms with E-state index in [0.717, 1.165) is 12.3 Å². The lowest BCUT2D eigenvalue weighted by atomic mass is 10.3. The molecule has 3 N–H and O–H groups in total. The van der Waals surface area contributed by atoms with Gasteiger partial charge in [-0.3, -0.25) is 4.79 Å². The summed E-state index contributed by atoms with van der Waals surface area (Å²) in [6, 6.07) is -0.474. The van der Waals surface area contributed by atoms with Crippen LogP contribution in [-0.2, 0) is 4.79 Å². The summed E-state index contributed by atoms with van der Waals surface area (Å²) in [6.07, 6.45) is 6.66. The fourth-order valence-corrected chi connectivity index (χ4v) is 1.57. The number of thiol groups is 1. The maximum Gasteiger partial charge on any atom is 0.237 e. The van der Waals surface area contributed by atoms with E-state index in [2.05, 4.69) is 36.7 Å². The molecule has 0 aromatic carbocycles. The highest BCUT2D eigenvalue weighted by atomic mass is 32.3. The molecule has 0 aromatic heterocycles. The van der Waals surface area contributed by atoms with Crippen LogP contribution in [0, 0.1) is 0 Å². The number of nitrogens with two attached hydrogens (primary N) is 1. The Kier molecular flexibility index (Phi) is 5.83. The lowest BCUT2D eigenvalue weighted by molar-refractivity contribution is -0.121. The first kappa shape index (κ1) is 13.1. The molecule has 0 saturated carbocycles. The third-order valence-electron chi connectivity index (χ3n) is 1.55. The molecule has 0 aliphatic heterocycles. The van der Waals surface area contributed by atoms with E-state index >= 15 is 0 Å². The lowest BCUT2D eigenvalue weighted by Gasteiger charge is -2.25. The van der Waals surface area contributed by atoms with Crippen LogP contribution in [0.5, 0.6) is 0 Å². The molecular formula is C8H20N2OS2. The Morgan fingerprint density at radius 3 is 2.46 bits per heavy atom. The largest absolute Gasteiger partial charge is 0.354 e. The SMILES string of the molecule is CS(C)(C)CCNC(=O)C(N)CS. The third kappa shape index (κ3) is 7.22. The van der Waals surface area contributed by atoms with Crippen molar-refractivity contribution in [1.82, 2.24) is 5.32 Å². The Morgan fingerprint density at radius 2 is 2.08 bits per heavy atom. The van der Waals surface area contributed by atoms with Crippen LogP contribution < -0.4 is 11.1 Å². The Balaban J connectivity index is 3.60. The Labute approximate surface area is 87.6 Å². The fraction of sp³-hybridized carbons (Fsp3) is 0.875. The molecule has 0 aromatic rings. The average Bonchev–Trinajstić information content (AvgIpc) is 2.00. The predicted molar refractivity (Wildman–Crippen MR) is 65.1 cm³/mol. The molecule has 0 heterocycles. The van der Waals surface area contributed by atoms with Crippen LogP contribution in [0.25, 0.3) is 0 Å². The molecule has 0 fully saturated rings. The zero-order valence-corrected chi connectivity index (χ0v) is 10.3. The van der Waals surface area contributed by atoms with Crippen LogP contribution in [0.3, 0.4) is 0 Å². The van der Waals surface area contributed by atoms with E-state index in [-0.39, 0.29) is 5.91 Å². The standard InChI is InChI=1S/C8H20N2OS2/c1-13(2,3)5-4-10-8(11)7(9)6-12/h7,12H,4-6,9H2,1-3H3,(H,10,11). The van der Waals surface area contributed by atoms with Crippen molar-refractivity contribution < 1.29 is 4.79 Å². The molecule has 5 heteroatoms. The van der Waals surface area contributed by atoms with Crippen molar-refractivity contribution in [3.05, 3.63) is 0 Å². The van der Waals surface area contributed by atoms with E-state index in [1.165, 1.54) is 0 Å². The minimum Gasteiger partial charge on any atom is -0.354 e. The van der Waals surface area contributed by atoms with Gasteiger partial charge in [-0.25, -0.2) is 10.0 Å². The van der Waals surface area contributed by atoms with Gasteiger partial charge in [-0.2, -0.15) is 12.6 Å². The molecule has 0 saturated heterocycles. The topological polar surface area (TPSA) is 55.1 Å². The van der Waals surface area contributed by atoms with Gasteiger partial charge in [0, 0.05) is 12.3 Å². The quantitative estimate of drug-likeness (QED) is 0.578. The van der Waals surface area contributed by atoms with Gasteiger partial charge >= 0.3 is 0 Å². The second-order valence-corrected chi connectivity index (χ2v) is 8.83. The van der Waals surface area contributed by atoms with Crippen molar-refractivity contribution in [2.45, 2.75) is 6.04 Å². The van der Waals surface area contributed by atoms with Gasteiger partial charge in [0.15, 0.2) is 0 Å². The van der Waals surface area contributed by atoms with Crippen LogP contribution in [0.4, 0.5) is 0 Å². The lowest BCUT2D eigenvalue weighted by Crippen LogP contribution is -2.43. The van der Waals surface area contributed by atoms with Crippen molar-refractivity contribution in [3.63, 3.8) is 0 Å². The number of carbonyl (C=O) groups excluding carboxylic acids is 1. The molecule has 0 spiro atoms. The number of hydrogen-bond acceptors (Lipinski definition) is 3. The molecule has 1 amide bonds. The minimum absolute atomic E-state index is 0.0985. The van der Waals surface area contributed by atoms with Crippen molar-refractivity contribution in [2.24, 2.45) is 5.73 Å². The summed E-state index contributed by atoms with van der Waals surface area (Å²) in [7, 11) is -0.527. The molecule has 0 bridgehead atoms. The van der Waals surface area contributed by atoms with Gasteiger partial charge in [0.05, 0.1) is 6.04 Å². The second kappa shape index (κ2) is 5.78. The Hall–Kier alpha value is 0.130. The number of carbonyl (C=O) groups is 1. The van der Waals surface area contributed by atoms with E-state index in [9.17, 15) is 4.79 Å². The van der Waals surface area contributed by atoms with Gasteiger partial charge in [-0.1, -0.05) is 0 Å². The molecule has 0 aliphatic rings. The van der Waals surface area contributed by atoms with E-state index in [4.69, 9.17) is 5.73 Å². The van der Waals surface area contributed by atoms with Crippen LogP contribution in [0.15, 0.2) is 0 Å². The van der Waals surface area contributed by atoms with Gasteiger partial charge in [0.1, 0.15) is 0 Å². The van der Waals surface area contributed by atoms with Crippen LogP contribution in [-0.4, -0.2) is 48.8 Å². The van der Waals surface area contributed by atoms with Crippen molar-refractivity contribution >= 4 is 28.6 Å². The summed E-state index contributed by atoms with van der Waals surface area (Å²) < 4.78 is 0. The summed E-state index contributed by atoms with van der Waals surface area (Å²) in [5, 5.41) is 2.80. The minimum atomic E-state index is -0.527. The van der Waals surface area contributed by atoms with Gasteiger partial charge in [-0.05, 0) is 24.5 Å². The molecule has 13 heavy (non-hydrogen) atoms. The first-order chi connectivity index (χ1) is 5.87. The summed E-state index contributed by atoms with van der Waals surface area (Å²) in [4.78, 5) is 11.2. The monoisotopic (exact) mass is 224 g/mol. The predicted octanol–water partition coefficient (Wildman–Crippen LogP) is 0.0537. The summed E-state index contributed by atoms with van der Waals surface area (Å²) >= 11 is 3.95. The van der Waals surface area contributed by atoms with Crippen LogP contribution >= 0.6 is 22.7 Å². The van der Waals surface area contributed by atoms with Crippen molar-refractivity contribution in [1.29, 1.82) is 0 Å². The fourth-order valence-electron chi connectivity index (χ4n) is 0.694. The molecule has 0 aliphatic carbocycles. The van der Waals surface area contributed by atoms with E-state index < -0.39 is 16.1 Å². The zero-order valence-electron chi connectivity index (χ0n) is 8.54. The highest BCUT2D eigenvalue weighted by Crippen LogP contribution is 2.33. The zero-order chi connectivity index (χ0) is 10.5. The molecule has 1 unspecified atom stereocenters. The number of hydrogen-bond donors (Lipinski definition) is 3. The average molecular weight is 224 g/mol. The molecule has 0 rings (SSSR count). The van der Waals surface area contributed by atoms with Crippen LogP contribution in [0.1, 0.15) is 0 Å². The molecule has 80 valence electrons. The molecule has 3 nitrogen and oxygen atoms in total. The smallest absolute Gasteiger partial charge is 0.237 e. The summed E-state index contributed by atoms with van der Waals surface area (Å²) in [5.41, 5.74) is 5.48. The summed E-state index contributed by atoms with van der Waals surface area (Å²) in [6.45, 7) is 0.721. The maximum absolute atomic E-state index is 11.2. The number of amides is 1. The molecular weight excluding hydrogens is 204 g/mol. The number of nitrogens with one attached hydrogen (secondary N) is 1. The van der Waals surface area contributed by atoms with E-state index in [1.54, 1.807) is 0 Å². The van der Waals surface area contributed by atoms with Crippen molar-refractivity contribution in [3.8, 4) is 0 Å². The van der Waals surface area contributed by atoms with Crippen molar-refractivity contribution in [2.75, 3.05) is 36.8 Å². The first-order valence-electron chi connectivity index (χ1n) is 4.17. The molecule has 1 atom stereocenters. The normalized spacial score (nSPS) is 15.2. The highest BCUT2D eigenvalue weighted by Gasteiger charge is 2.11.